The first-order chi connectivity index (χ1) is 16.6. The molecule has 0 fully saturated rings. The summed E-state index contributed by atoms with van der Waals surface area (Å²) in [5.74, 6) is 2.16. The van der Waals surface area contributed by atoms with Gasteiger partial charge >= 0.3 is 0 Å². The van der Waals surface area contributed by atoms with Crippen molar-refractivity contribution in [3.05, 3.63) is 53.7 Å². The number of anilines is 1. The average molecular weight is 495 g/mol. The van der Waals surface area contributed by atoms with E-state index in [1.807, 2.05) is 58.0 Å². The van der Waals surface area contributed by atoms with E-state index < -0.39 is 0 Å². The fourth-order valence-electron chi connectivity index (χ4n) is 3.45. The molecule has 0 aliphatic rings. The van der Waals surface area contributed by atoms with Crippen LogP contribution in [-0.2, 0) is 4.79 Å². The van der Waals surface area contributed by atoms with Crippen molar-refractivity contribution in [1.29, 1.82) is 0 Å². The van der Waals surface area contributed by atoms with Gasteiger partial charge in [0.1, 0.15) is 16.5 Å². The van der Waals surface area contributed by atoms with Gasteiger partial charge in [-0.25, -0.2) is 14.6 Å². The molecule has 3 N–H and O–H groups in total. The van der Waals surface area contributed by atoms with Crippen LogP contribution in [0, 0.1) is 0 Å². The fraction of sp³-hybridized carbons (Fsp3) is 0.280. The molecule has 0 aliphatic carbocycles. The number of carbonyl (C=O) groups excluding carboxylic acids is 1. The van der Waals surface area contributed by atoms with Crippen molar-refractivity contribution < 1.29 is 14.3 Å². The molecule has 2 aromatic heterocycles. The molecule has 0 unspecified atom stereocenters. The number of ether oxygens (including phenoxy) is 2. The van der Waals surface area contributed by atoms with Crippen molar-refractivity contribution in [2.45, 2.75) is 33.2 Å². The third kappa shape index (κ3) is 5.81. The van der Waals surface area contributed by atoms with Crippen LogP contribution in [0.25, 0.3) is 28.1 Å². The second-order valence-corrected chi connectivity index (χ2v) is 9.31. The van der Waals surface area contributed by atoms with Gasteiger partial charge in [0.2, 0.25) is 0 Å². The molecule has 2 heterocycles. The van der Waals surface area contributed by atoms with Crippen molar-refractivity contribution in [2.75, 3.05) is 18.9 Å². The summed E-state index contributed by atoms with van der Waals surface area (Å²) in [7, 11) is 0. The lowest BCUT2D eigenvalue weighted by Gasteiger charge is -2.20. The predicted molar refractivity (Wildman–Crippen MR) is 136 cm³/mol. The van der Waals surface area contributed by atoms with E-state index in [1.54, 1.807) is 18.3 Å². The molecule has 1 amide bonds. The Balaban J connectivity index is 1.72. The standard InChI is InChI=1S/C25H27ClN6O3/c1-5-34-17-9-10-20-18(12-17)24(32-13-19(26)22(27)31-32)29-23(28-20)15-7-6-8-16(11-15)35-14-21(33)30-25(2,3)4/h6-13H,5,14H2,1-4H3,(H2,27,31)(H,30,33). The van der Waals surface area contributed by atoms with Gasteiger partial charge in [-0.05, 0) is 58.0 Å². The molecule has 0 bridgehead atoms. The molecule has 2 aromatic carbocycles. The van der Waals surface area contributed by atoms with Gasteiger partial charge in [0.15, 0.2) is 24.1 Å². The Bertz CT molecular complexity index is 1360. The van der Waals surface area contributed by atoms with Crippen molar-refractivity contribution in [3.8, 4) is 28.7 Å². The Labute approximate surface area is 208 Å². The van der Waals surface area contributed by atoms with E-state index in [-0.39, 0.29) is 23.9 Å². The molecule has 35 heavy (non-hydrogen) atoms. The zero-order chi connectivity index (χ0) is 25.2. The summed E-state index contributed by atoms with van der Waals surface area (Å²) in [6.07, 6.45) is 1.60. The number of nitrogens with one attached hydrogen (secondary N) is 1. The van der Waals surface area contributed by atoms with Gasteiger partial charge < -0.3 is 20.5 Å². The second-order valence-electron chi connectivity index (χ2n) is 8.90. The first-order valence-electron chi connectivity index (χ1n) is 11.1. The molecule has 10 heteroatoms. The highest BCUT2D eigenvalue weighted by Gasteiger charge is 2.16. The van der Waals surface area contributed by atoms with E-state index in [9.17, 15) is 4.79 Å². The van der Waals surface area contributed by atoms with E-state index >= 15 is 0 Å². The minimum absolute atomic E-state index is 0.101. The number of carbonyl (C=O) groups is 1. The van der Waals surface area contributed by atoms with Crippen LogP contribution in [0.1, 0.15) is 27.7 Å². The third-order valence-corrected chi connectivity index (χ3v) is 5.14. The van der Waals surface area contributed by atoms with Crippen molar-refractivity contribution >= 4 is 34.2 Å². The Hall–Kier alpha value is -3.85. The Morgan fingerprint density at radius 3 is 2.57 bits per heavy atom. The van der Waals surface area contributed by atoms with E-state index in [0.29, 0.717) is 45.9 Å². The number of rotatable bonds is 7. The average Bonchev–Trinajstić information content (AvgIpc) is 3.14. The number of nitrogen functional groups attached to an aromatic ring is 1. The highest BCUT2D eigenvalue weighted by Crippen LogP contribution is 2.30. The molecule has 9 nitrogen and oxygen atoms in total. The SMILES string of the molecule is CCOc1ccc2nc(-c3cccc(OCC(=O)NC(C)(C)C)c3)nc(-n3cc(Cl)c(N)n3)c2c1. The lowest BCUT2D eigenvalue weighted by atomic mass is 10.1. The van der Waals surface area contributed by atoms with Gasteiger partial charge in [0, 0.05) is 16.5 Å². The normalized spacial score (nSPS) is 11.5. The molecule has 0 atom stereocenters. The maximum absolute atomic E-state index is 12.1. The van der Waals surface area contributed by atoms with Crippen molar-refractivity contribution in [1.82, 2.24) is 25.1 Å². The summed E-state index contributed by atoms with van der Waals surface area (Å²) in [6, 6.07) is 12.8. The highest BCUT2D eigenvalue weighted by molar-refractivity contribution is 6.32. The molecule has 4 rings (SSSR count). The summed E-state index contributed by atoms with van der Waals surface area (Å²) < 4.78 is 12.9. The smallest absolute Gasteiger partial charge is 0.258 e. The molecular weight excluding hydrogens is 468 g/mol. The number of hydrogen-bond donors (Lipinski definition) is 2. The largest absolute Gasteiger partial charge is 0.494 e. The number of benzene rings is 2. The predicted octanol–water partition coefficient (Wildman–Crippen LogP) is 4.41. The summed E-state index contributed by atoms with van der Waals surface area (Å²) in [5, 5.41) is 8.22. The summed E-state index contributed by atoms with van der Waals surface area (Å²) in [4.78, 5) is 21.6. The maximum Gasteiger partial charge on any atom is 0.258 e. The number of aromatic nitrogens is 4. The van der Waals surface area contributed by atoms with Gasteiger partial charge in [-0.3, -0.25) is 4.79 Å². The van der Waals surface area contributed by atoms with Gasteiger partial charge in [-0.15, -0.1) is 5.10 Å². The quantitative estimate of drug-likeness (QED) is 0.390. The van der Waals surface area contributed by atoms with Gasteiger partial charge in [-0.2, -0.15) is 0 Å². The topological polar surface area (TPSA) is 117 Å². The zero-order valence-corrected chi connectivity index (χ0v) is 20.8. The minimum Gasteiger partial charge on any atom is -0.494 e. The summed E-state index contributed by atoms with van der Waals surface area (Å²) >= 11 is 6.16. The first-order valence-corrected chi connectivity index (χ1v) is 11.5. The fourth-order valence-corrected chi connectivity index (χ4v) is 3.58. The molecule has 0 spiro atoms. The Morgan fingerprint density at radius 1 is 1.11 bits per heavy atom. The van der Waals surface area contributed by atoms with Gasteiger partial charge in [0.25, 0.3) is 5.91 Å². The number of nitrogens with two attached hydrogens (primary N) is 1. The van der Waals surface area contributed by atoms with Gasteiger partial charge in [-0.1, -0.05) is 23.7 Å². The van der Waals surface area contributed by atoms with Crippen LogP contribution in [0.4, 0.5) is 5.82 Å². The van der Waals surface area contributed by atoms with Gasteiger partial charge in [0.05, 0.1) is 18.3 Å². The number of hydrogen-bond acceptors (Lipinski definition) is 7. The number of fused-ring (bicyclic) bond motifs is 1. The van der Waals surface area contributed by atoms with E-state index in [4.69, 9.17) is 36.8 Å². The second kappa shape index (κ2) is 9.79. The summed E-state index contributed by atoms with van der Waals surface area (Å²) in [6.45, 7) is 8.09. The van der Waals surface area contributed by atoms with E-state index in [0.717, 1.165) is 5.39 Å². The molecular formula is C25H27ClN6O3. The van der Waals surface area contributed by atoms with Crippen LogP contribution in [0.15, 0.2) is 48.7 Å². The van der Waals surface area contributed by atoms with Crippen LogP contribution in [0.5, 0.6) is 11.5 Å². The molecule has 0 aliphatic heterocycles. The molecule has 182 valence electrons. The summed E-state index contributed by atoms with van der Waals surface area (Å²) in [5.41, 5.74) is 6.95. The van der Waals surface area contributed by atoms with E-state index in [1.165, 1.54) is 4.68 Å². The van der Waals surface area contributed by atoms with Crippen LogP contribution in [0.3, 0.4) is 0 Å². The van der Waals surface area contributed by atoms with Crippen LogP contribution in [-0.4, -0.2) is 44.4 Å². The lowest BCUT2D eigenvalue weighted by Crippen LogP contribution is -2.43. The number of nitrogens with zero attached hydrogens (tertiary/aromatic N) is 4. The van der Waals surface area contributed by atoms with Crippen LogP contribution in [0.2, 0.25) is 5.02 Å². The number of halogens is 1. The monoisotopic (exact) mass is 494 g/mol. The van der Waals surface area contributed by atoms with Crippen molar-refractivity contribution in [3.63, 3.8) is 0 Å². The first kappa shape index (κ1) is 24.3. The maximum atomic E-state index is 12.1. The number of amides is 1. The lowest BCUT2D eigenvalue weighted by molar-refractivity contribution is -0.124. The van der Waals surface area contributed by atoms with Crippen LogP contribution >= 0.6 is 11.6 Å². The van der Waals surface area contributed by atoms with Crippen LogP contribution < -0.4 is 20.5 Å². The minimum atomic E-state index is -0.335. The third-order valence-electron chi connectivity index (χ3n) is 4.85. The Kier molecular flexibility index (Phi) is 6.79. The molecule has 0 radical (unpaired) electrons. The highest BCUT2D eigenvalue weighted by atomic mass is 35.5. The van der Waals surface area contributed by atoms with Crippen molar-refractivity contribution in [2.24, 2.45) is 0 Å². The molecule has 4 aromatic rings. The van der Waals surface area contributed by atoms with E-state index in [2.05, 4.69) is 10.4 Å². The zero-order valence-electron chi connectivity index (χ0n) is 20.0. The molecule has 0 saturated carbocycles. The Morgan fingerprint density at radius 2 is 1.89 bits per heavy atom. The molecule has 0 saturated heterocycles.